The fourth-order valence-corrected chi connectivity index (χ4v) is 1.26. The van der Waals surface area contributed by atoms with Gasteiger partial charge < -0.3 is 10.1 Å². The largest absolute Gasteiger partial charge is 0.494 e. The van der Waals surface area contributed by atoms with Crippen molar-refractivity contribution in [3.63, 3.8) is 0 Å². The van der Waals surface area contributed by atoms with Crippen molar-refractivity contribution in [2.24, 2.45) is 5.92 Å². The molecule has 0 aromatic heterocycles. The molecular formula is C11H10F4N2O. The smallest absolute Gasteiger partial charge is 0.406 e. The van der Waals surface area contributed by atoms with Crippen molar-refractivity contribution in [3.8, 4) is 11.8 Å². The van der Waals surface area contributed by atoms with Gasteiger partial charge in [-0.1, -0.05) is 0 Å². The van der Waals surface area contributed by atoms with Gasteiger partial charge in [0.05, 0.1) is 18.9 Å². The second kappa shape index (κ2) is 5.58. The first-order chi connectivity index (χ1) is 8.38. The molecule has 3 nitrogen and oxygen atoms in total. The van der Waals surface area contributed by atoms with Gasteiger partial charge in [-0.15, -0.1) is 0 Å². The third-order valence-corrected chi connectivity index (χ3v) is 2.21. The van der Waals surface area contributed by atoms with Crippen molar-refractivity contribution >= 4 is 5.69 Å². The maximum Gasteiger partial charge on any atom is 0.406 e. The van der Waals surface area contributed by atoms with E-state index in [-0.39, 0.29) is 11.4 Å². The summed E-state index contributed by atoms with van der Waals surface area (Å²) in [6.45, 7) is -0.623. The summed E-state index contributed by atoms with van der Waals surface area (Å²) in [5.41, 5.74) is 0.198. The predicted molar refractivity (Wildman–Crippen MR) is 56.6 cm³/mol. The number of rotatable bonds is 4. The second-order valence-corrected chi connectivity index (χ2v) is 3.45. The number of hydrogen-bond acceptors (Lipinski definition) is 3. The van der Waals surface area contributed by atoms with Gasteiger partial charge >= 0.3 is 6.18 Å². The molecule has 18 heavy (non-hydrogen) atoms. The minimum atomic E-state index is -4.60. The van der Waals surface area contributed by atoms with Gasteiger partial charge in [-0.05, 0) is 12.1 Å². The van der Waals surface area contributed by atoms with Crippen LogP contribution in [0, 0.1) is 23.1 Å². The highest BCUT2D eigenvalue weighted by molar-refractivity contribution is 5.56. The summed E-state index contributed by atoms with van der Waals surface area (Å²) >= 11 is 0. The quantitative estimate of drug-likeness (QED) is 0.848. The Balaban J connectivity index is 2.78. The SMILES string of the molecule is COc1cc(F)ccc1NCC(C#N)C(F)(F)F. The van der Waals surface area contributed by atoms with Gasteiger partial charge in [0.15, 0.2) is 5.92 Å². The summed E-state index contributed by atoms with van der Waals surface area (Å²) in [4.78, 5) is 0. The van der Waals surface area contributed by atoms with Gasteiger partial charge in [-0.25, -0.2) is 4.39 Å². The van der Waals surface area contributed by atoms with Crippen LogP contribution < -0.4 is 10.1 Å². The summed E-state index contributed by atoms with van der Waals surface area (Å²) in [6.07, 6.45) is -4.60. The molecule has 0 spiro atoms. The highest BCUT2D eigenvalue weighted by atomic mass is 19.4. The molecule has 0 aliphatic heterocycles. The van der Waals surface area contributed by atoms with Crippen LogP contribution in [-0.4, -0.2) is 19.8 Å². The molecule has 0 amide bonds. The molecule has 0 aliphatic rings. The minimum Gasteiger partial charge on any atom is -0.494 e. The highest BCUT2D eigenvalue weighted by Gasteiger charge is 2.39. The lowest BCUT2D eigenvalue weighted by Crippen LogP contribution is -2.28. The molecule has 0 radical (unpaired) electrons. The second-order valence-electron chi connectivity index (χ2n) is 3.45. The number of nitrogens with one attached hydrogen (secondary N) is 1. The number of methoxy groups -OCH3 is 1. The molecule has 1 N–H and O–H groups in total. The standard InChI is InChI=1S/C11H10F4N2O/c1-18-10-4-8(12)2-3-9(10)17-6-7(5-16)11(13,14)15/h2-4,7,17H,6H2,1H3. The third-order valence-electron chi connectivity index (χ3n) is 2.21. The van der Waals surface area contributed by atoms with E-state index in [1.165, 1.54) is 13.2 Å². The van der Waals surface area contributed by atoms with Crippen LogP contribution in [0.25, 0.3) is 0 Å². The Hall–Kier alpha value is -1.97. The zero-order chi connectivity index (χ0) is 13.8. The molecule has 1 unspecified atom stereocenters. The molecule has 1 aromatic rings. The summed E-state index contributed by atoms with van der Waals surface area (Å²) in [7, 11) is 1.27. The number of alkyl halides is 3. The van der Waals surface area contributed by atoms with Crippen LogP contribution in [0.1, 0.15) is 0 Å². The Bertz CT molecular complexity index is 453. The monoisotopic (exact) mass is 262 g/mol. The van der Waals surface area contributed by atoms with Gasteiger partial charge in [-0.2, -0.15) is 18.4 Å². The maximum atomic E-state index is 12.8. The molecule has 0 bridgehead atoms. The first-order valence-electron chi connectivity index (χ1n) is 4.92. The van der Waals surface area contributed by atoms with E-state index in [0.717, 1.165) is 18.2 Å². The first kappa shape index (κ1) is 14.1. The van der Waals surface area contributed by atoms with Crippen molar-refractivity contribution in [1.29, 1.82) is 5.26 Å². The Morgan fingerprint density at radius 2 is 2.11 bits per heavy atom. The van der Waals surface area contributed by atoms with Crippen LogP contribution in [0.3, 0.4) is 0 Å². The molecule has 0 aliphatic carbocycles. The molecule has 0 saturated carbocycles. The molecule has 1 rings (SSSR count). The van der Waals surface area contributed by atoms with Gasteiger partial charge in [0.1, 0.15) is 11.6 Å². The normalized spacial score (nSPS) is 12.7. The van der Waals surface area contributed by atoms with E-state index >= 15 is 0 Å². The zero-order valence-electron chi connectivity index (χ0n) is 9.38. The lowest BCUT2D eigenvalue weighted by Gasteiger charge is -2.16. The average Bonchev–Trinajstić information content (AvgIpc) is 2.29. The van der Waals surface area contributed by atoms with Crippen LogP contribution in [0.4, 0.5) is 23.2 Å². The lowest BCUT2D eigenvalue weighted by molar-refractivity contribution is -0.155. The minimum absolute atomic E-state index is 0.0777. The van der Waals surface area contributed by atoms with Crippen molar-refractivity contribution in [3.05, 3.63) is 24.0 Å². The molecule has 0 heterocycles. The summed E-state index contributed by atoms with van der Waals surface area (Å²) in [5.74, 6) is -2.62. The fourth-order valence-electron chi connectivity index (χ4n) is 1.26. The average molecular weight is 262 g/mol. The van der Waals surface area contributed by atoms with Crippen LogP contribution in [-0.2, 0) is 0 Å². The predicted octanol–water partition coefficient (Wildman–Crippen LogP) is 2.95. The number of benzene rings is 1. The molecule has 98 valence electrons. The number of anilines is 1. The molecule has 1 atom stereocenters. The topological polar surface area (TPSA) is 45.0 Å². The van der Waals surface area contributed by atoms with Crippen molar-refractivity contribution in [2.45, 2.75) is 6.18 Å². The zero-order valence-corrected chi connectivity index (χ0v) is 9.38. The molecular weight excluding hydrogens is 252 g/mol. The number of nitrogens with zero attached hydrogens (tertiary/aromatic N) is 1. The van der Waals surface area contributed by atoms with Gasteiger partial charge in [-0.3, -0.25) is 0 Å². The van der Waals surface area contributed by atoms with E-state index in [4.69, 9.17) is 10.00 Å². The highest BCUT2D eigenvalue weighted by Crippen LogP contribution is 2.29. The number of hydrogen-bond donors (Lipinski definition) is 1. The molecule has 1 aromatic carbocycles. The lowest BCUT2D eigenvalue weighted by atomic mass is 10.1. The van der Waals surface area contributed by atoms with E-state index in [2.05, 4.69) is 5.32 Å². The van der Waals surface area contributed by atoms with Crippen molar-refractivity contribution in [2.75, 3.05) is 19.0 Å². The van der Waals surface area contributed by atoms with E-state index in [1.54, 1.807) is 0 Å². The van der Waals surface area contributed by atoms with Crippen molar-refractivity contribution in [1.82, 2.24) is 0 Å². The number of ether oxygens (including phenoxy) is 1. The molecule has 0 saturated heterocycles. The fraction of sp³-hybridized carbons (Fsp3) is 0.364. The van der Waals surface area contributed by atoms with E-state index in [1.807, 2.05) is 0 Å². The van der Waals surface area contributed by atoms with Crippen LogP contribution in [0.5, 0.6) is 5.75 Å². The Labute approximate surface area is 101 Å². The van der Waals surface area contributed by atoms with E-state index < -0.39 is 24.5 Å². The van der Waals surface area contributed by atoms with Gasteiger partial charge in [0.2, 0.25) is 0 Å². The van der Waals surface area contributed by atoms with Gasteiger partial charge in [0, 0.05) is 12.6 Å². The van der Waals surface area contributed by atoms with Crippen LogP contribution in [0.2, 0.25) is 0 Å². The summed E-state index contributed by atoms with van der Waals surface area (Å²) in [5, 5.41) is 10.8. The Kier molecular flexibility index (Phi) is 4.37. The number of nitriles is 1. The van der Waals surface area contributed by atoms with Gasteiger partial charge in [0.25, 0.3) is 0 Å². The maximum absolute atomic E-state index is 12.8. The third kappa shape index (κ3) is 3.52. The molecule has 0 fully saturated rings. The first-order valence-corrected chi connectivity index (χ1v) is 4.92. The summed E-state index contributed by atoms with van der Waals surface area (Å²) in [6, 6.07) is 4.53. The molecule has 7 heteroatoms. The van der Waals surface area contributed by atoms with Crippen LogP contribution >= 0.6 is 0 Å². The van der Waals surface area contributed by atoms with E-state index in [0.29, 0.717) is 0 Å². The Morgan fingerprint density at radius 1 is 1.44 bits per heavy atom. The number of halogens is 4. The van der Waals surface area contributed by atoms with Crippen LogP contribution in [0.15, 0.2) is 18.2 Å². The van der Waals surface area contributed by atoms with E-state index in [9.17, 15) is 17.6 Å². The Morgan fingerprint density at radius 3 is 2.61 bits per heavy atom. The van der Waals surface area contributed by atoms with Crippen molar-refractivity contribution < 1.29 is 22.3 Å². The summed E-state index contributed by atoms with van der Waals surface area (Å²) < 4.78 is 54.6.